The third kappa shape index (κ3) is 25.4. The van der Waals surface area contributed by atoms with E-state index < -0.39 is 5.97 Å². The Morgan fingerprint density at radius 2 is 1.37 bits per heavy atom. The molecule has 436 valence electrons. The summed E-state index contributed by atoms with van der Waals surface area (Å²) in [4.78, 5) is 50.2. The maximum Gasteiger partial charge on any atom is 0.303 e. The van der Waals surface area contributed by atoms with Gasteiger partial charge in [0, 0.05) is 64.0 Å². The number of hydrogen-bond acceptors (Lipinski definition) is 11. The maximum absolute atomic E-state index is 15.5. The van der Waals surface area contributed by atoms with Crippen LogP contribution in [0.5, 0.6) is 11.5 Å². The smallest absolute Gasteiger partial charge is 0.303 e. The first-order chi connectivity index (χ1) is 38.2. The fraction of sp³-hybridized carbons (Fsp3) is 0.613. The number of ether oxygens (including phenoxy) is 2. The van der Waals surface area contributed by atoms with Gasteiger partial charge >= 0.3 is 5.97 Å². The van der Waals surface area contributed by atoms with Crippen molar-refractivity contribution in [1.29, 1.82) is 0 Å². The Bertz CT molecular complexity index is 2420. The molecule has 0 saturated heterocycles. The van der Waals surface area contributed by atoms with Crippen molar-refractivity contribution in [2.75, 3.05) is 59.5 Å². The molecule has 0 unspecified atom stereocenters. The Morgan fingerprint density at radius 1 is 0.747 bits per heavy atom. The Balaban J connectivity index is 0.916. The average Bonchev–Trinajstić information content (AvgIpc) is 4.21. The number of amides is 3. The van der Waals surface area contributed by atoms with Crippen LogP contribution in [0.2, 0.25) is 0 Å². The minimum absolute atomic E-state index is 0.0167. The van der Waals surface area contributed by atoms with Crippen molar-refractivity contribution in [2.45, 2.75) is 174 Å². The quantitative estimate of drug-likeness (QED) is 0.0228. The predicted octanol–water partition coefficient (Wildman–Crippen LogP) is 9.65. The number of methoxy groups -OCH3 is 1. The third-order valence-corrected chi connectivity index (χ3v) is 14.7. The van der Waals surface area contributed by atoms with Gasteiger partial charge in [0.15, 0.2) is 0 Å². The molecule has 0 bridgehead atoms. The van der Waals surface area contributed by atoms with Crippen molar-refractivity contribution in [3.05, 3.63) is 95.1 Å². The molecule has 17 heteroatoms. The molecular formula is C62H94FN9O7. The van der Waals surface area contributed by atoms with Crippen molar-refractivity contribution >= 4 is 23.7 Å². The number of halogens is 1. The lowest BCUT2D eigenvalue weighted by molar-refractivity contribution is -0.137. The summed E-state index contributed by atoms with van der Waals surface area (Å²) in [5.41, 5.74) is 15.9. The molecule has 0 radical (unpaired) electrons. The number of carboxylic acids is 1. The molecule has 79 heavy (non-hydrogen) atoms. The number of rotatable bonds is 43. The van der Waals surface area contributed by atoms with Gasteiger partial charge in [-0.2, -0.15) is 0 Å². The van der Waals surface area contributed by atoms with E-state index in [1.54, 1.807) is 24.1 Å². The molecule has 1 aliphatic rings. The fourth-order valence-corrected chi connectivity index (χ4v) is 10.4. The van der Waals surface area contributed by atoms with Crippen molar-refractivity contribution < 1.29 is 38.1 Å². The zero-order chi connectivity index (χ0) is 56.7. The van der Waals surface area contributed by atoms with Gasteiger partial charge < -0.3 is 42.0 Å². The van der Waals surface area contributed by atoms with Crippen LogP contribution >= 0.6 is 0 Å². The molecule has 1 fully saturated rings. The number of aliphatic carboxylic acids is 1. The minimum Gasteiger partial charge on any atom is -0.497 e. The van der Waals surface area contributed by atoms with E-state index in [0.717, 1.165) is 72.9 Å². The number of nitrogens with zero attached hydrogens (tertiary/aromatic N) is 4. The van der Waals surface area contributed by atoms with Crippen molar-refractivity contribution in [3.8, 4) is 22.6 Å². The minimum atomic E-state index is -0.785. The monoisotopic (exact) mass is 1100 g/mol. The lowest BCUT2D eigenvalue weighted by Gasteiger charge is -2.26. The molecule has 5 rings (SSSR count). The highest BCUT2D eigenvalue weighted by Gasteiger charge is 2.34. The largest absolute Gasteiger partial charge is 0.497 e. The molecule has 1 aromatic heterocycles. The summed E-state index contributed by atoms with van der Waals surface area (Å²) in [5, 5.41) is 27.1. The summed E-state index contributed by atoms with van der Waals surface area (Å²) in [6.07, 6.45) is 25.1. The molecule has 1 heterocycles. The topological polar surface area (TPSA) is 229 Å². The van der Waals surface area contributed by atoms with Crippen LogP contribution in [0.4, 0.5) is 4.39 Å². The van der Waals surface area contributed by atoms with Gasteiger partial charge in [0.2, 0.25) is 17.7 Å². The number of nitrogens with two attached hydrogens (primary N) is 2. The lowest BCUT2D eigenvalue weighted by atomic mass is 9.82. The van der Waals surface area contributed by atoms with Crippen LogP contribution in [0.3, 0.4) is 0 Å². The van der Waals surface area contributed by atoms with Gasteiger partial charge in [0.05, 0.1) is 32.3 Å². The number of carbonyl (C=O) groups excluding carboxylic acids is 3. The fourth-order valence-electron chi connectivity index (χ4n) is 10.4. The lowest BCUT2D eigenvalue weighted by Crippen LogP contribution is -2.45. The molecular weight excluding hydrogens is 1000 g/mol. The number of carboxylic acid groups (broad SMARTS) is 1. The second kappa shape index (κ2) is 35.7. The molecule has 0 aliphatic heterocycles. The number of nitrogens with one attached hydrogen (secondary N) is 3. The van der Waals surface area contributed by atoms with Gasteiger partial charge in [-0.05, 0) is 115 Å². The molecule has 1 atom stereocenters. The number of aromatic nitrogens is 3. The van der Waals surface area contributed by atoms with Gasteiger partial charge in [-0.1, -0.05) is 133 Å². The molecule has 16 nitrogen and oxygen atoms in total. The van der Waals surface area contributed by atoms with E-state index in [1.165, 1.54) is 76.7 Å². The normalized spacial score (nSPS) is 12.8. The standard InChI is InChI=1S/C62H94FN9O7/c1-62(2,41-50-37-47(25-29-54(50)56-39-52(78-3)28-30-57(56)63)45-79-53-23-19-21-49(38-53)55(40-61(76)77)48-26-27-48)46-72-42-51(69-70-72)22-17-15-13-11-9-7-5-4-6-8-10-12-14-16-18-24-58(73)66-33-20-36-71(43-59(74)67-34-31-64)44-60(75)68-35-32-65/h19,21,23,25,28-30,37-39,42,48,55H,4-18,20,22,24,26-27,31-36,40-41,43-46,64-65H2,1-3H3,(H,66,73)(H,67,74)(H,68,75)(H,76,77)/t55-/m0/s1. The van der Waals surface area contributed by atoms with Crippen molar-refractivity contribution in [3.63, 3.8) is 0 Å². The summed E-state index contributed by atoms with van der Waals surface area (Å²) >= 11 is 0. The van der Waals surface area contributed by atoms with E-state index in [4.69, 9.17) is 20.9 Å². The molecule has 8 N–H and O–H groups in total. The number of hydrogen-bond donors (Lipinski definition) is 6. The number of carbonyl (C=O) groups is 4. The molecule has 0 spiro atoms. The Labute approximate surface area is 470 Å². The Hall–Kier alpha value is -5.91. The zero-order valence-electron chi connectivity index (χ0n) is 47.9. The molecule has 1 saturated carbocycles. The van der Waals surface area contributed by atoms with Gasteiger partial charge in [-0.3, -0.25) is 28.8 Å². The van der Waals surface area contributed by atoms with Gasteiger partial charge in [0.1, 0.15) is 23.9 Å². The molecule has 4 aromatic rings. The first-order valence-electron chi connectivity index (χ1n) is 29.5. The van der Waals surface area contributed by atoms with E-state index in [2.05, 4.69) is 52.4 Å². The van der Waals surface area contributed by atoms with E-state index in [-0.39, 0.29) is 54.4 Å². The van der Waals surface area contributed by atoms with Gasteiger partial charge in [-0.25, -0.2) is 4.39 Å². The first-order valence-corrected chi connectivity index (χ1v) is 29.5. The van der Waals surface area contributed by atoms with Crippen molar-refractivity contribution in [1.82, 2.24) is 35.8 Å². The van der Waals surface area contributed by atoms with E-state index in [1.807, 2.05) is 41.1 Å². The van der Waals surface area contributed by atoms with Crippen molar-refractivity contribution in [2.24, 2.45) is 22.8 Å². The summed E-state index contributed by atoms with van der Waals surface area (Å²) in [6.45, 7) is 8.00. The van der Waals surface area contributed by atoms with Gasteiger partial charge in [-0.15, -0.1) is 5.10 Å². The van der Waals surface area contributed by atoms with Crippen LogP contribution in [0.25, 0.3) is 11.1 Å². The number of benzene rings is 3. The van der Waals surface area contributed by atoms with Crippen LogP contribution < -0.4 is 36.9 Å². The van der Waals surface area contributed by atoms with Crippen LogP contribution in [-0.4, -0.2) is 108 Å². The van der Waals surface area contributed by atoms with Crippen LogP contribution in [-0.2, 0) is 45.2 Å². The molecule has 3 amide bonds. The molecule has 3 aromatic carbocycles. The van der Waals surface area contributed by atoms with Crippen LogP contribution in [0.15, 0.2) is 66.9 Å². The second-order valence-corrected chi connectivity index (χ2v) is 22.5. The highest BCUT2D eigenvalue weighted by Crippen LogP contribution is 2.45. The second-order valence-electron chi connectivity index (χ2n) is 22.5. The third-order valence-electron chi connectivity index (χ3n) is 14.7. The maximum atomic E-state index is 15.5. The van der Waals surface area contributed by atoms with Gasteiger partial charge in [0.25, 0.3) is 0 Å². The van der Waals surface area contributed by atoms with E-state index in [9.17, 15) is 24.3 Å². The SMILES string of the molecule is COc1ccc(F)c(-c2ccc(COc3cccc([C@@H](CC(=O)O)C4CC4)c3)cc2CC(C)(C)Cn2cc(CCCCCCCCCCCCCCCCCC(=O)NCCCN(CC(=O)NCCN)CC(=O)NCCN)nn2)c1. The zero-order valence-corrected chi connectivity index (χ0v) is 47.9. The Morgan fingerprint density at radius 3 is 1.97 bits per heavy atom. The van der Waals surface area contributed by atoms with Crippen LogP contribution in [0.1, 0.15) is 171 Å². The first kappa shape index (κ1) is 63.9. The van der Waals surface area contributed by atoms with E-state index >= 15 is 4.39 Å². The number of aryl methyl sites for hydroxylation is 1. The van der Waals surface area contributed by atoms with Crippen LogP contribution in [0, 0.1) is 17.2 Å². The predicted molar refractivity (Wildman–Crippen MR) is 310 cm³/mol. The summed E-state index contributed by atoms with van der Waals surface area (Å²) < 4.78 is 29.3. The summed E-state index contributed by atoms with van der Waals surface area (Å²) in [7, 11) is 1.58. The highest BCUT2D eigenvalue weighted by molar-refractivity contribution is 5.81. The average molecular weight is 1100 g/mol. The Kier molecular flexibility index (Phi) is 28.8. The summed E-state index contributed by atoms with van der Waals surface area (Å²) in [5.74, 6) is 0.243. The van der Waals surface area contributed by atoms with E-state index in [0.29, 0.717) is 94.7 Å². The molecule has 1 aliphatic carbocycles. The summed E-state index contributed by atoms with van der Waals surface area (Å²) in [6, 6.07) is 18.7. The number of unbranched alkanes of at least 4 members (excludes halogenated alkanes) is 14. The highest BCUT2D eigenvalue weighted by atomic mass is 19.1.